The number of halogens is 1. The Morgan fingerprint density at radius 2 is 2.05 bits per heavy atom. The molecule has 0 spiro atoms. The molecule has 1 aromatic heterocycles. The van der Waals surface area contributed by atoms with Crippen LogP contribution in [-0.2, 0) is 6.61 Å². The third-order valence-corrected chi connectivity index (χ3v) is 3.36. The third-order valence-electron chi connectivity index (χ3n) is 2.93. The Balaban J connectivity index is 2.27. The molecule has 0 aliphatic heterocycles. The Morgan fingerprint density at radius 3 is 2.67 bits per heavy atom. The second kappa shape index (κ2) is 5.97. The highest BCUT2D eigenvalue weighted by atomic mass is 35.5. The molecule has 6 nitrogen and oxygen atoms in total. The number of amides is 1. The molecule has 0 saturated carbocycles. The summed E-state index contributed by atoms with van der Waals surface area (Å²) in [5, 5.41) is 0.655. The number of ether oxygens (including phenoxy) is 1. The summed E-state index contributed by atoms with van der Waals surface area (Å²) in [6, 6.07) is 5.27. The fourth-order valence-corrected chi connectivity index (χ4v) is 2.06. The standard InChI is InChI=1S/C14H15ClN4O2/c1-7-5-9(3-4-10(7)15)21-6-11-12(13(16)20)8(2)18-14(17)19-11/h3-5H,6H2,1-2H3,(H2,16,20)(H2,17,18,19). The SMILES string of the molecule is Cc1cc(OCc2nc(N)nc(C)c2C(N)=O)ccc1Cl. The highest BCUT2D eigenvalue weighted by Gasteiger charge is 2.16. The van der Waals surface area contributed by atoms with E-state index in [0.29, 0.717) is 22.2 Å². The van der Waals surface area contributed by atoms with Crippen molar-refractivity contribution in [3.8, 4) is 5.75 Å². The molecular weight excluding hydrogens is 292 g/mol. The lowest BCUT2D eigenvalue weighted by Crippen LogP contribution is -2.20. The average molecular weight is 307 g/mol. The number of nitrogens with zero attached hydrogens (tertiary/aromatic N) is 2. The number of aryl methyl sites for hydroxylation is 2. The number of hydrogen-bond donors (Lipinski definition) is 2. The minimum Gasteiger partial charge on any atom is -0.487 e. The smallest absolute Gasteiger partial charge is 0.252 e. The number of carbonyl (C=O) groups excluding carboxylic acids is 1. The number of aromatic nitrogens is 2. The van der Waals surface area contributed by atoms with E-state index in [4.69, 9.17) is 27.8 Å². The second-order valence-electron chi connectivity index (χ2n) is 4.55. The molecule has 1 amide bonds. The number of anilines is 1. The van der Waals surface area contributed by atoms with E-state index < -0.39 is 5.91 Å². The van der Waals surface area contributed by atoms with E-state index in [-0.39, 0.29) is 18.1 Å². The summed E-state index contributed by atoms with van der Waals surface area (Å²) in [7, 11) is 0. The minimum absolute atomic E-state index is 0.0624. The first kappa shape index (κ1) is 15.1. The van der Waals surface area contributed by atoms with Gasteiger partial charge in [0.15, 0.2) is 0 Å². The van der Waals surface area contributed by atoms with Crippen LogP contribution in [0, 0.1) is 13.8 Å². The summed E-state index contributed by atoms with van der Waals surface area (Å²) in [4.78, 5) is 19.4. The number of rotatable bonds is 4. The normalized spacial score (nSPS) is 10.4. The van der Waals surface area contributed by atoms with E-state index in [2.05, 4.69) is 9.97 Å². The Kier molecular flexibility index (Phi) is 4.28. The van der Waals surface area contributed by atoms with Crippen LogP contribution < -0.4 is 16.2 Å². The molecule has 0 saturated heterocycles. The van der Waals surface area contributed by atoms with Gasteiger partial charge in [0.2, 0.25) is 5.95 Å². The summed E-state index contributed by atoms with van der Waals surface area (Å²) in [5.74, 6) is 0.0731. The molecule has 21 heavy (non-hydrogen) atoms. The van der Waals surface area contributed by atoms with Gasteiger partial charge in [-0.25, -0.2) is 9.97 Å². The van der Waals surface area contributed by atoms with Crippen molar-refractivity contribution in [3.05, 3.63) is 45.7 Å². The molecule has 2 rings (SSSR count). The van der Waals surface area contributed by atoms with Crippen LogP contribution >= 0.6 is 11.6 Å². The molecule has 2 aromatic rings. The van der Waals surface area contributed by atoms with Gasteiger partial charge in [-0.1, -0.05) is 11.6 Å². The van der Waals surface area contributed by atoms with Gasteiger partial charge in [-0.05, 0) is 37.6 Å². The highest BCUT2D eigenvalue weighted by Crippen LogP contribution is 2.22. The average Bonchev–Trinajstić information content (AvgIpc) is 2.38. The maximum Gasteiger partial charge on any atom is 0.252 e. The van der Waals surface area contributed by atoms with E-state index in [1.165, 1.54) is 0 Å². The van der Waals surface area contributed by atoms with Gasteiger partial charge in [-0.2, -0.15) is 0 Å². The van der Waals surface area contributed by atoms with Crippen molar-refractivity contribution in [2.75, 3.05) is 5.73 Å². The van der Waals surface area contributed by atoms with Crippen LogP contribution in [0.3, 0.4) is 0 Å². The molecule has 4 N–H and O–H groups in total. The molecule has 0 fully saturated rings. The third kappa shape index (κ3) is 3.41. The summed E-state index contributed by atoms with van der Waals surface area (Å²) >= 11 is 5.95. The topological polar surface area (TPSA) is 104 Å². The summed E-state index contributed by atoms with van der Waals surface area (Å²) < 4.78 is 5.62. The molecule has 7 heteroatoms. The molecule has 1 heterocycles. The fraction of sp³-hybridized carbons (Fsp3) is 0.214. The molecule has 1 aromatic carbocycles. The van der Waals surface area contributed by atoms with E-state index in [9.17, 15) is 4.79 Å². The van der Waals surface area contributed by atoms with Crippen LogP contribution in [-0.4, -0.2) is 15.9 Å². The van der Waals surface area contributed by atoms with Crippen LogP contribution in [0.2, 0.25) is 5.02 Å². The first-order valence-corrected chi connectivity index (χ1v) is 6.58. The first-order valence-electron chi connectivity index (χ1n) is 6.20. The number of nitrogen functional groups attached to an aromatic ring is 1. The van der Waals surface area contributed by atoms with Crippen LogP contribution in [0.1, 0.15) is 27.3 Å². The van der Waals surface area contributed by atoms with Crippen LogP contribution in [0.4, 0.5) is 5.95 Å². The predicted octanol–water partition coefficient (Wildman–Crippen LogP) is 2.01. The number of benzene rings is 1. The van der Waals surface area contributed by atoms with Gasteiger partial charge < -0.3 is 16.2 Å². The summed E-state index contributed by atoms with van der Waals surface area (Å²) in [6.07, 6.45) is 0. The summed E-state index contributed by atoms with van der Waals surface area (Å²) in [5.41, 5.74) is 12.9. The van der Waals surface area contributed by atoms with Gasteiger partial charge in [0.25, 0.3) is 5.91 Å². The van der Waals surface area contributed by atoms with E-state index in [1.54, 1.807) is 25.1 Å². The predicted molar refractivity (Wildman–Crippen MR) is 80.2 cm³/mol. The number of carbonyl (C=O) groups is 1. The van der Waals surface area contributed by atoms with E-state index in [0.717, 1.165) is 5.56 Å². The van der Waals surface area contributed by atoms with E-state index >= 15 is 0 Å². The molecule has 0 bridgehead atoms. The van der Waals surface area contributed by atoms with E-state index in [1.807, 2.05) is 6.92 Å². The van der Waals surface area contributed by atoms with Gasteiger partial charge in [-0.3, -0.25) is 4.79 Å². The number of primary amides is 1. The van der Waals surface area contributed by atoms with Crippen molar-refractivity contribution in [2.45, 2.75) is 20.5 Å². The van der Waals surface area contributed by atoms with Crippen LogP contribution in [0.25, 0.3) is 0 Å². The van der Waals surface area contributed by atoms with Crippen LogP contribution in [0.5, 0.6) is 5.75 Å². The Bertz CT molecular complexity index is 704. The first-order chi connectivity index (χ1) is 9.88. The van der Waals surface area contributed by atoms with Crippen molar-refractivity contribution in [1.82, 2.24) is 9.97 Å². The lowest BCUT2D eigenvalue weighted by atomic mass is 10.1. The fourth-order valence-electron chi connectivity index (χ4n) is 1.94. The monoisotopic (exact) mass is 306 g/mol. The quantitative estimate of drug-likeness (QED) is 0.899. The number of nitrogens with two attached hydrogens (primary N) is 2. The van der Waals surface area contributed by atoms with Crippen molar-refractivity contribution in [3.63, 3.8) is 0 Å². The van der Waals surface area contributed by atoms with Gasteiger partial charge >= 0.3 is 0 Å². The Hall–Kier alpha value is -2.34. The summed E-state index contributed by atoms with van der Waals surface area (Å²) in [6.45, 7) is 3.58. The maximum atomic E-state index is 11.5. The zero-order chi connectivity index (χ0) is 15.6. The maximum absolute atomic E-state index is 11.5. The molecule has 0 radical (unpaired) electrons. The lowest BCUT2D eigenvalue weighted by molar-refractivity contribution is 0.0996. The largest absolute Gasteiger partial charge is 0.487 e. The minimum atomic E-state index is -0.613. The van der Waals surface area contributed by atoms with Crippen molar-refractivity contribution < 1.29 is 9.53 Å². The zero-order valence-corrected chi connectivity index (χ0v) is 12.4. The molecule has 110 valence electrons. The highest BCUT2D eigenvalue weighted by molar-refractivity contribution is 6.31. The number of hydrogen-bond acceptors (Lipinski definition) is 5. The van der Waals surface area contributed by atoms with Gasteiger partial charge in [-0.15, -0.1) is 0 Å². The lowest BCUT2D eigenvalue weighted by Gasteiger charge is -2.11. The van der Waals surface area contributed by atoms with Crippen molar-refractivity contribution >= 4 is 23.5 Å². The molecular formula is C14H15ClN4O2. The van der Waals surface area contributed by atoms with Gasteiger partial charge in [0, 0.05) is 5.02 Å². The van der Waals surface area contributed by atoms with Crippen LogP contribution in [0.15, 0.2) is 18.2 Å². The van der Waals surface area contributed by atoms with Gasteiger partial charge in [0.1, 0.15) is 12.4 Å². The second-order valence-corrected chi connectivity index (χ2v) is 4.96. The van der Waals surface area contributed by atoms with Crippen molar-refractivity contribution in [1.29, 1.82) is 0 Å². The molecule has 0 atom stereocenters. The Morgan fingerprint density at radius 1 is 1.33 bits per heavy atom. The van der Waals surface area contributed by atoms with Gasteiger partial charge in [0.05, 0.1) is 17.0 Å². The zero-order valence-electron chi connectivity index (χ0n) is 11.7. The van der Waals surface area contributed by atoms with Crippen molar-refractivity contribution in [2.24, 2.45) is 5.73 Å². The molecule has 0 aliphatic rings. The Labute approximate surface area is 127 Å². The molecule has 0 aliphatic carbocycles. The molecule has 0 unspecified atom stereocenters.